The van der Waals surface area contributed by atoms with Gasteiger partial charge < -0.3 is 26.0 Å². The third-order valence-electron chi connectivity index (χ3n) is 5.77. The Morgan fingerprint density at radius 3 is 2.74 bits per heavy atom. The van der Waals surface area contributed by atoms with Gasteiger partial charge in [0.2, 0.25) is 0 Å². The number of nitrogens with two attached hydrogens (primary N) is 1. The van der Waals surface area contributed by atoms with Crippen molar-refractivity contribution >= 4 is 17.3 Å². The molecule has 1 saturated heterocycles. The molecule has 0 bridgehead atoms. The number of nitrogens with one attached hydrogen (secondary N) is 1. The summed E-state index contributed by atoms with van der Waals surface area (Å²) in [7, 11) is 0. The fourth-order valence-corrected chi connectivity index (χ4v) is 3.99. The van der Waals surface area contributed by atoms with Crippen LogP contribution >= 0.6 is 0 Å². The van der Waals surface area contributed by atoms with Gasteiger partial charge in [-0.2, -0.15) is 0 Å². The lowest BCUT2D eigenvalue weighted by Crippen LogP contribution is -2.45. The second-order valence-corrected chi connectivity index (χ2v) is 8.02. The number of carbonyl (C=O) groups excluding carboxylic acids is 1. The number of hydrogen-bond donors (Lipinski definition) is 4. The Balaban J connectivity index is 1.65. The summed E-state index contributed by atoms with van der Waals surface area (Å²) in [5, 5.41) is 23.0. The van der Waals surface area contributed by atoms with Crippen LogP contribution in [0, 0.1) is 11.6 Å². The third-order valence-corrected chi connectivity index (χ3v) is 5.77. The van der Waals surface area contributed by atoms with E-state index in [1.165, 1.54) is 30.6 Å². The Bertz CT molecular complexity index is 1210. The molecule has 5 N–H and O–H groups in total. The monoisotopic (exact) mass is 470 g/mol. The fraction of sp³-hybridized carbons (Fsp3) is 0.292. The van der Waals surface area contributed by atoms with E-state index >= 15 is 0 Å². The molecule has 1 aliphatic rings. The normalized spacial score (nSPS) is 22.4. The van der Waals surface area contributed by atoms with Crippen molar-refractivity contribution in [3.05, 3.63) is 71.7 Å². The van der Waals surface area contributed by atoms with Gasteiger partial charge in [0.15, 0.2) is 11.5 Å². The van der Waals surface area contributed by atoms with Crippen LogP contribution in [-0.4, -0.2) is 44.4 Å². The average Bonchev–Trinajstić information content (AvgIpc) is 2.82. The molecule has 34 heavy (non-hydrogen) atoms. The zero-order valence-corrected chi connectivity index (χ0v) is 18.3. The van der Waals surface area contributed by atoms with E-state index in [-0.39, 0.29) is 34.7 Å². The molecule has 0 spiro atoms. The van der Waals surface area contributed by atoms with Crippen LogP contribution in [0.15, 0.2) is 48.8 Å². The van der Waals surface area contributed by atoms with Gasteiger partial charge in [0.25, 0.3) is 5.91 Å². The van der Waals surface area contributed by atoms with E-state index in [4.69, 9.17) is 10.5 Å². The van der Waals surface area contributed by atoms with Gasteiger partial charge in [0.1, 0.15) is 17.6 Å². The number of nitrogen functional groups attached to an aromatic ring is 1. The number of pyridine rings is 2. The van der Waals surface area contributed by atoms with Crippen LogP contribution in [0.25, 0.3) is 11.3 Å². The summed E-state index contributed by atoms with van der Waals surface area (Å²) in [6, 6.07) is 8.04. The number of aliphatic hydroxyl groups is 2. The van der Waals surface area contributed by atoms with Gasteiger partial charge in [0, 0.05) is 29.8 Å². The molecule has 0 radical (unpaired) electrons. The van der Waals surface area contributed by atoms with Crippen molar-refractivity contribution in [2.75, 3.05) is 11.1 Å². The van der Waals surface area contributed by atoms with E-state index in [1.54, 1.807) is 6.07 Å². The van der Waals surface area contributed by atoms with E-state index in [0.29, 0.717) is 12.0 Å². The summed E-state index contributed by atoms with van der Waals surface area (Å²) in [6.45, 7) is 1.83. The number of hydrogen-bond acceptors (Lipinski definition) is 7. The number of amides is 1. The van der Waals surface area contributed by atoms with Gasteiger partial charge in [-0.1, -0.05) is 19.1 Å². The predicted molar refractivity (Wildman–Crippen MR) is 121 cm³/mol. The number of ether oxygens (including phenoxy) is 1. The SMILES string of the molecule is CC[C@H]1O[C@@H](c2ccncc2NC(=O)c2nc(-c3ccccc3F)c(F)cc2N)C[C@@H](O)[C@@H]1O. The van der Waals surface area contributed by atoms with E-state index in [9.17, 15) is 23.8 Å². The summed E-state index contributed by atoms with van der Waals surface area (Å²) in [6.07, 6.45) is 0.284. The molecule has 1 aromatic carbocycles. The minimum Gasteiger partial charge on any atom is -0.397 e. The zero-order valence-electron chi connectivity index (χ0n) is 18.3. The van der Waals surface area contributed by atoms with Crippen molar-refractivity contribution in [1.82, 2.24) is 9.97 Å². The molecule has 8 nitrogen and oxygen atoms in total. The van der Waals surface area contributed by atoms with Crippen molar-refractivity contribution < 1.29 is 28.5 Å². The highest BCUT2D eigenvalue weighted by atomic mass is 19.1. The number of rotatable bonds is 5. The van der Waals surface area contributed by atoms with Crippen molar-refractivity contribution in [1.29, 1.82) is 0 Å². The van der Waals surface area contributed by atoms with Gasteiger partial charge in [-0.25, -0.2) is 13.8 Å². The zero-order chi connectivity index (χ0) is 24.4. The van der Waals surface area contributed by atoms with Gasteiger partial charge in [-0.3, -0.25) is 9.78 Å². The topological polar surface area (TPSA) is 131 Å². The third kappa shape index (κ3) is 4.60. The lowest BCUT2D eigenvalue weighted by molar-refractivity contribution is -0.170. The molecular weight excluding hydrogens is 446 g/mol. The molecule has 10 heteroatoms. The highest BCUT2D eigenvalue weighted by Crippen LogP contribution is 2.36. The van der Waals surface area contributed by atoms with Gasteiger partial charge >= 0.3 is 0 Å². The fourth-order valence-electron chi connectivity index (χ4n) is 3.99. The van der Waals surface area contributed by atoms with Gasteiger partial charge in [0.05, 0.1) is 35.9 Å². The molecule has 0 aliphatic carbocycles. The number of anilines is 2. The molecule has 0 unspecified atom stereocenters. The smallest absolute Gasteiger partial charge is 0.276 e. The quantitative estimate of drug-likeness (QED) is 0.450. The lowest BCUT2D eigenvalue weighted by atomic mass is 9.92. The predicted octanol–water partition coefficient (Wildman–Crippen LogP) is 3.22. The van der Waals surface area contributed by atoms with Crippen LogP contribution in [-0.2, 0) is 4.74 Å². The van der Waals surface area contributed by atoms with E-state index in [1.807, 2.05) is 6.92 Å². The van der Waals surface area contributed by atoms with Crippen molar-refractivity contribution in [2.45, 2.75) is 44.2 Å². The first-order valence-corrected chi connectivity index (χ1v) is 10.8. The Morgan fingerprint density at radius 2 is 2.00 bits per heavy atom. The molecule has 3 heterocycles. The summed E-state index contributed by atoms with van der Waals surface area (Å²) in [5.74, 6) is -2.32. The molecule has 1 fully saturated rings. The summed E-state index contributed by atoms with van der Waals surface area (Å²) in [4.78, 5) is 21.1. The van der Waals surface area contributed by atoms with Crippen LogP contribution in [0.1, 0.15) is 41.9 Å². The van der Waals surface area contributed by atoms with Crippen LogP contribution < -0.4 is 11.1 Å². The maximum Gasteiger partial charge on any atom is 0.276 e. The van der Waals surface area contributed by atoms with E-state index < -0.39 is 42.0 Å². The second-order valence-electron chi connectivity index (χ2n) is 8.02. The molecule has 4 rings (SSSR count). The van der Waals surface area contributed by atoms with Crippen LogP contribution in [0.5, 0.6) is 0 Å². The van der Waals surface area contributed by atoms with Gasteiger partial charge in [-0.15, -0.1) is 0 Å². The minimum absolute atomic E-state index is 0.107. The Hall–Kier alpha value is -3.47. The highest BCUT2D eigenvalue weighted by molar-refractivity contribution is 6.06. The number of nitrogens with zero attached hydrogens (tertiary/aromatic N) is 2. The summed E-state index contributed by atoms with van der Waals surface area (Å²) < 4.78 is 34.7. The largest absolute Gasteiger partial charge is 0.397 e. The molecule has 2 aromatic heterocycles. The molecule has 4 atom stereocenters. The molecule has 0 saturated carbocycles. The van der Waals surface area contributed by atoms with Crippen molar-refractivity contribution in [3.63, 3.8) is 0 Å². The highest BCUT2D eigenvalue weighted by Gasteiger charge is 2.37. The second kappa shape index (κ2) is 9.80. The Kier molecular flexibility index (Phi) is 6.82. The first-order valence-electron chi connectivity index (χ1n) is 10.8. The maximum atomic E-state index is 14.5. The maximum absolute atomic E-state index is 14.5. The first kappa shape index (κ1) is 23.7. The van der Waals surface area contributed by atoms with Crippen molar-refractivity contribution in [2.24, 2.45) is 0 Å². The number of aliphatic hydroxyl groups excluding tert-OH is 2. The van der Waals surface area contributed by atoms with Crippen molar-refractivity contribution in [3.8, 4) is 11.3 Å². The molecular formula is C24H24F2N4O4. The molecule has 1 amide bonds. The van der Waals surface area contributed by atoms with E-state index in [2.05, 4.69) is 15.3 Å². The molecule has 3 aromatic rings. The number of halogens is 2. The Morgan fingerprint density at radius 1 is 1.24 bits per heavy atom. The first-order chi connectivity index (χ1) is 16.3. The Labute approximate surface area is 194 Å². The lowest BCUT2D eigenvalue weighted by Gasteiger charge is -2.37. The minimum atomic E-state index is -1.01. The number of benzene rings is 1. The van der Waals surface area contributed by atoms with Crippen LogP contribution in [0.2, 0.25) is 0 Å². The number of carbonyl (C=O) groups is 1. The standard InChI is InChI=1S/C24H24F2N4O4/c1-2-19-23(32)18(31)10-20(34-19)13-7-8-28-11-17(13)29-24(33)22-16(27)9-15(26)21(30-22)12-5-3-4-6-14(12)25/h3-9,11,18-20,23,31-32H,2,10,27H2,1H3,(H,29,33)/t18-,19-,20-,23+/m1/s1. The van der Waals surface area contributed by atoms with Crippen LogP contribution in [0.4, 0.5) is 20.2 Å². The van der Waals surface area contributed by atoms with Crippen LogP contribution in [0.3, 0.4) is 0 Å². The van der Waals surface area contributed by atoms with Gasteiger partial charge in [-0.05, 0) is 24.6 Å². The van der Waals surface area contributed by atoms with E-state index in [0.717, 1.165) is 12.1 Å². The molecule has 1 aliphatic heterocycles. The number of aromatic nitrogens is 2. The summed E-state index contributed by atoms with van der Waals surface area (Å²) in [5.41, 5.74) is 5.69. The summed E-state index contributed by atoms with van der Waals surface area (Å²) >= 11 is 0. The average molecular weight is 470 g/mol. The molecule has 178 valence electrons.